The predicted molar refractivity (Wildman–Crippen MR) is 92.2 cm³/mol. The summed E-state index contributed by atoms with van der Waals surface area (Å²) in [6.45, 7) is 3.47. The van der Waals surface area contributed by atoms with Crippen molar-refractivity contribution >= 4 is 23.5 Å². The zero-order chi connectivity index (χ0) is 17.5. The summed E-state index contributed by atoms with van der Waals surface area (Å²) in [6, 6.07) is 5.47. The zero-order valence-electron chi connectivity index (χ0n) is 14.1. The number of aryl methyl sites for hydroxylation is 1. The summed E-state index contributed by atoms with van der Waals surface area (Å²) in [7, 11) is 0. The molecule has 1 aromatic rings. The third-order valence-electron chi connectivity index (χ3n) is 4.25. The van der Waals surface area contributed by atoms with Gasteiger partial charge in [0.15, 0.2) is 13.2 Å². The van der Waals surface area contributed by atoms with E-state index in [-0.39, 0.29) is 25.2 Å². The minimum Gasteiger partial charge on any atom is -0.480 e. The van der Waals surface area contributed by atoms with Crippen molar-refractivity contribution in [2.24, 2.45) is 5.92 Å². The molecule has 1 aliphatic carbocycles. The number of esters is 1. The van der Waals surface area contributed by atoms with Gasteiger partial charge in [0.2, 0.25) is 0 Å². The number of rotatable bonds is 6. The number of hydrogen-bond acceptors (Lipinski definition) is 4. The van der Waals surface area contributed by atoms with Crippen molar-refractivity contribution in [3.63, 3.8) is 0 Å². The van der Waals surface area contributed by atoms with Gasteiger partial charge in [-0.25, -0.2) is 4.79 Å². The number of nitrogens with one attached hydrogen (secondary N) is 1. The van der Waals surface area contributed by atoms with Gasteiger partial charge in [0.25, 0.3) is 5.91 Å². The fraction of sp³-hybridized carbons (Fsp3) is 0.556. The fourth-order valence-corrected chi connectivity index (χ4v) is 3.00. The van der Waals surface area contributed by atoms with Crippen molar-refractivity contribution in [1.82, 2.24) is 5.32 Å². The van der Waals surface area contributed by atoms with E-state index in [9.17, 15) is 9.59 Å². The Morgan fingerprint density at radius 1 is 1.25 bits per heavy atom. The van der Waals surface area contributed by atoms with Gasteiger partial charge in [-0.3, -0.25) is 4.79 Å². The zero-order valence-corrected chi connectivity index (χ0v) is 14.9. The van der Waals surface area contributed by atoms with Crippen LogP contribution in [0.25, 0.3) is 0 Å². The SMILES string of the molecule is Cc1ccc(Cl)c(OCC(=O)OCC(=O)N[C@@H]2CCCC[C@H]2C)c1. The molecule has 1 fully saturated rings. The second-order valence-corrected chi connectivity index (χ2v) is 6.73. The van der Waals surface area contributed by atoms with E-state index in [1.54, 1.807) is 12.1 Å². The summed E-state index contributed by atoms with van der Waals surface area (Å²) in [5, 5.41) is 3.36. The van der Waals surface area contributed by atoms with E-state index >= 15 is 0 Å². The molecule has 0 saturated heterocycles. The van der Waals surface area contributed by atoms with Crippen LogP contribution in [0.15, 0.2) is 18.2 Å². The molecule has 1 amide bonds. The molecule has 0 unspecified atom stereocenters. The maximum atomic E-state index is 11.9. The quantitative estimate of drug-likeness (QED) is 0.797. The molecular formula is C18H24ClNO4. The molecule has 1 saturated carbocycles. The average molecular weight is 354 g/mol. The maximum absolute atomic E-state index is 11.9. The van der Waals surface area contributed by atoms with E-state index in [2.05, 4.69) is 12.2 Å². The van der Waals surface area contributed by atoms with E-state index in [1.165, 1.54) is 6.42 Å². The van der Waals surface area contributed by atoms with Crippen LogP contribution in [0.5, 0.6) is 5.75 Å². The van der Waals surface area contributed by atoms with Gasteiger partial charge >= 0.3 is 5.97 Å². The molecule has 5 nitrogen and oxygen atoms in total. The number of benzene rings is 1. The minimum atomic E-state index is -0.598. The van der Waals surface area contributed by atoms with E-state index in [1.807, 2.05) is 13.0 Å². The van der Waals surface area contributed by atoms with Gasteiger partial charge < -0.3 is 14.8 Å². The Bertz CT molecular complexity index is 590. The lowest BCUT2D eigenvalue weighted by atomic mass is 9.86. The number of halogens is 1. The Hall–Kier alpha value is -1.75. The van der Waals surface area contributed by atoms with Crippen LogP contribution in [-0.4, -0.2) is 31.1 Å². The molecule has 1 aliphatic rings. The van der Waals surface area contributed by atoms with Crippen molar-refractivity contribution < 1.29 is 19.1 Å². The molecule has 24 heavy (non-hydrogen) atoms. The minimum absolute atomic E-state index is 0.173. The van der Waals surface area contributed by atoms with Gasteiger partial charge in [-0.1, -0.05) is 37.4 Å². The van der Waals surface area contributed by atoms with E-state index in [0.717, 1.165) is 24.8 Å². The van der Waals surface area contributed by atoms with Crippen LogP contribution in [0.2, 0.25) is 5.02 Å². The standard InChI is InChI=1S/C18H24ClNO4/c1-12-7-8-14(19)16(9-12)23-11-18(22)24-10-17(21)20-15-6-4-3-5-13(15)2/h7-9,13,15H,3-6,10-11H2,1-2H3,(H,20,21)/t13-,15-/m1/s1. The van der Waals surface area contributed by atoms with Crippen LogP contribution in [-0.2, 0) is 14.3 Å². The highest BCUT2D eigenvalue weighted by Crippen LogP contribution is 2.25. The normalized spacial score (nSPS) is 20.3. The van der Waals surface area contributed by atoms with Gasteiger partial charge in [0.05, 0.1) is 5.02 Å². The predicted octanol–water partition coefficient (Wildman–Crippen LogP) is 3.27. The largest absolute Gasteiger partial charge is 0.480 e. The maximum Gasteiger partial charge on any atom is 0.344 e. The molecule has 1 aromatic carbocycles. The van der Waals surface area contributed by atoms with Crippen molar-refractivity contribution in [3.8, 4) is 5.75 Å². The molecule has 2 atom stereocenters. The topological polar surface area (TPSA) is 64.6 Å². The summed E-state index contributed by atoms with van der Waals surface area (Å²) in [4.78, 5) is 23.6. The smallest absolute Gasteiger partial charge is 0.344 e. The first kappa shape index (κ1) is 18.6. The summed E-state index contributed by atoms with van der Waals surface area (Å²) >= 11 is 5.99. The monoisotopic (exact) mass is 353 g/mol. The number of ether oxygens (including phenoxy) is 2. The highest BCUT2D eigenvalue weighted by Gasteiger charge is 2.23. The number of amides is 1. The first-order chi connectivity index (χ1) is 11.5. The number of carbonyl (C=O) groups is 2. The molecule has 0 spiro atoms. The number of hydrogen-bond donors (Lipinski definition) is 1. The lowest BCUT2D eigenvalue weighted by molar-refractivity contribution is -0.150. The van der Waals surface area contributed by atoms with Crippen LogP contribution in [0.4, 0.5) is 0 Å². The Labute approximate surface area is 147 Å². The molecule has 2 rings (SSSR count). The van der Waals surface area contributed by atoms with Crippen molar-refractivity contribution in [3.05, 3.63) is 28.8 Å². The molecule has 0 radical (unpaired) electrons. The van der Waals surface area contributed by atoms with Gasteiger partial charge in [0, 0.05) is 6.04 Å². The highest BCUT2D eigenvalue weighted by atomic mass is 35.5. The van der Waals surface area contributed by atoms with Crippen molar-refractivity contribution in [2.45, 2.75) is 45.6 Å². The van der Waals surface area contributed by atoms with E-state index in [4.69, 9.17) is 21.1 Å². The molecule has 0 bridgehead atoms. The van der Waals surface area contributed by atoms with Gasteiger partial charge in [-0.15, -0.1) is 0 Å². The Morgan fingerprint density at radius 3 is 2.75 bits per heavy atom. The van der Waals surface area contributed by atoms with Gasteiger partial charge in [0.1, 0.15) is 5.75 Å². The van der Waals surface area contributed by atoms with Gasteiger partial charge in [-0.2, -0.15) is 0 Å². The van der Waals surface area contributed by atoms with Gasteiger partial charge in [-0.05, 0) is 43.4 Å². The summed E-state index contributed by atoms with van der Waals surface area (Å²) in [5.41, 5.74) is 0.976. The Morgan fingerprint density at radius 2 is 2.00 bits per heavy atom. The first-order valence-corrected chi connectivity index (χ1v) is 8.67. The molecule has 0 aromatic heterocycles. The molecule has 1 N–H and O–H groups in total. The second-order valence-electron chi connectivity index (χ2n) is 6.32. The molecule has 0 aliphatic heterocycles. The van der Waals surface area contributed by atoms with Crippen LogP contribution in [0.1, 0.15) is 38.2 Å². The van der Waals surface area contributed by atoms with Crippen LogP contribution in [0.3, 0.4) is 0 Å². The molecule has 132 valence electrons. The van der Waals surface area contributed by atoms with E-state index < -0.39 is 5.97 Å². The number of carbonyl (C=O) groups excluding carboxylic acids is 2. The summed E-state index contributed by atoms with van der Waals surface area (Å²) < 4.78 is 10.3. The summed E-state index contributed by atoms with van der Waals surface area (Å²) in [5.74, 6) is 0.0226. The van der Waals surface area contributed by atoms with Crippen LogP contribution >= 0.6 is 11.6 Å². The lowest BCUT2D eigenvalue weighted by Crippen LogP contribution is -2.43. The molecular weight excluding hydrogens is 330 g/mol. The van der Waals surface area contributed by atoms with E-state index in [0.29, 0.717) is 16.7 Å². The van der Waals surface area contributed by atoms with Crippen LogP contribution in [0, 0.1) is 12.8 Å². The first-order valence-electron chi connectivity index (χ1n) is 8.29. The average Bonchev–Trinajstić information content (AvgIpc) is 2.56. The lowest BCUT2D eigenvalue weighted by Gasteiger charge is -2.29. The van der Waals surface area contributed by atoms with Crippen molar-refractivity contribution in [1.29, 1.82) is 0 Å². The molecule has 6 heteroatoms. The van der Waals surface area contributed by atoms with Crippen LogP contribution < -0.4 is 10.1 Å². The second kappa shape index (κ2) is 8.92. The third kappa shape index (κ3) is 5.71. The third-order valence-corrected chi connectivity index (χ3v) is 4.57. The van der Waals surface area contributed by atoms with Crippen molar-refractivity contribution in [2.75, 3.05) is 13.2 Å². The summed E-state index contributed by atoms with van der Waals surface area (Å²) in [6.07, 6.45) is 4.44. The highest BCUT2D eigenvalue weighted by molar-refractivity contribution is 6.32. The Balaban J connectivity index is 1.70. The fourth-order valence-electron chi connectivity index (χ4n) is 2.82. The molecule has 0 heterocycles. The Kier molecular flexibility index (Phi) is 6.91.